The van der Waals surface area contributed by atoms with Gasteiger partial charge in [-0.15, -0.1) is 0 Å². The first-order valence-corrected chi connectivity index (χ1v) is 6.34. The highest BCUT2D eigenvalue weighted by Crippen LogP contribution is 2.14. The third-order valence-corrected chi connectivity index (χ3v) is 3.34. The smallest absolute Gasteiger partial charge is 0.182 e. The summed E-state index contributed by atoms with van der Waals surface area (Å²) in [6.45, 7) is 1.83. The van der Waals surface area contributed by atoms with E-state index in [-0.39, 0.29) is 18.1 Å². The van der Waals surface area contributed by atoms with Gasteiger partial charge in [-0.1, -0.05) is 24.3 Å². The molecule has 0 aliphatic heterocycles. The topological polar surface area (TPSA) is 34.9 Å². The number of aromatic nitrogens is 2. The Hall–Kier alpha value is -2.49. The van der Waals surface area contributed by atoms with Crippen LogP contribution in [0.25, 0.3) is 11.0 Å². The van der Waals surface area contributed by atoms with Crippen LogP contribution < -0.4 is 0 Å². The van der Waals surface area contributed by atoms with E-state index in [1.165, 1.54) is 6.07 Å². The summed E-state index contributed by atoms with van der Waals surface area (Å²) in [6, 6.07) is 12.2. The molecule has 0 unspecified atom stereocenters. The van der Waals surface area contributed by atoms with Crippen LogP contribution in [0.4, 0.5) is 4.39 Å². The molecule has 0 aliphatic carbocycles. The van der Waals surface area contributed by atoms with E-state index in [2.05, 4.69) is 4.98 Å². The highest BCUT2D eigenvalue weighted by atomic mass is 19.1. The number of nitrogens with zero attached hydrogens (tertiary/aromatic N) is 2. The van der Waals surface area contributed by atoms with Crippen molar-refractivity contribution in [3.05, 3.63) is 65.7 Å². The second kappa shape index (κ2) is 4.89. The average Bonchev–Trinajstić information content (AvgIpc) is 2.85. The summed E-state index contributed by atoms with van der Waals surface area (Å²) in [5.41, 5.74) is 2.66. The zero-order valence-corrected chi connectivity index (χ0v) is 11.0. The van der Waals surface area contributed by atoms with E-state index < -0.39 is 0 Å². The average molecular weight is 268 g/mol. The Balaban J connectivity index is 1.90. The molecule has 0 N–H and O–H groups in total. The van der Waals surface area contributed by atoms with Crippen molar-refractivity contribution in [3.8, 4) is 0 Å². The standard InChI is InChI=1S/C16H13FN2O/c1-11-6-7-12(8-13(11)17)16(20)9-19-10-18-14-4-2-3-5-15(14)19/h2-8,10H,9H2,1H3. The van der Waals surface area contributed by atoms with E-state index in [1.807, 2.05) is 24.3 Å². The zero-order chi connectivity index (χ0) is 14.1. The minimum atomic E-state index is -0.355. The van der Waals surface area contributed by atoms with Crippen LogP contribution in [-0.2, 0) is 6.54 Å². The van der Waals surface area contributed by atoms with Crippen LogP contribution >= 0.6 is 0 Å². The SMILES string of the molecule is Cc1ccc(C(=O)Cn2cnc3ccccc32)cc1F. The van der Waals surface area contributed by atoms with Crippen molar-refractivity contribution in [3.63, 3.8) is 0 Å². The zero-order valence-electron chi connectivity index (χ0n) is 11.0. The number of imidazole rings is 1. The summed E-state index contributed by atoms with van der Waals surface area (Å²) in [5, 5.41) is 0. The molecular weight excluding hydrogens is 255 g/mol. The van der Waals surface area contributed by atoms with Crippen molar-refractivity contribution in [2.45, 2.75) is 13.5 Å². The summed E-state index contributed by atoms with van der Waals surface area (Å²) < 4.78 is 15.3. The molecule has 3 nitrogen and oxygen atoms in total. The number of fused-ring (bicyclic) bond motifs is 1. The fraction of sp³-hybridized carbons (Fsp3) is 0.125. The van der Waals surface area contributed by atoms with Gasteiger partial charge in [0.15, 0.2) is 5.78 Å². The highest BCUT2D eigenvalue weighted by Gasteiger charge is 2.11. The molecule has 20 heavy (non-hydrogen) atoms. The molecule has 0 saturated heterocycles. The van der Waals surface area contributed by atoms with Gasteiger partial charge in [-0.2, -0.15) is 0 Å². The van der Waals surface area contributed by atoms with Gasteiger partial charge >= 0.3 is 0 Å². The van der Waals surface area contributed by atoms with Crippen molar-refractivity contribution < 1.29 is 9.18 Å². The van der Waals surface area contributed by atoms with Gasteiger partial charge in [-0.3, -0.25) is 4.79 Å². The molecule has 0 spiro atoms. The number of halogens is 1. The van der Waals surface area contributed by atoms with Gasteiger partial charge in [0.2, 0.25) is 0 Å². The normalized spacial score (nSPS) is 10.9. The molecule has 1 heterocycles. The molecule has 0 amide bonds. The lowest BCUT2D eigenvalue weighted by Crippen LogP contribution is -2.10. The van der Waals surface area contributed by atoms with Gasteiger partial charge in [0.25, 0.3) is 0 Å². The third-order valence-electron chi connectivity index (χ3n) is 3.34. The summed E-state index contributed by atoms with van der Waals surface area (Å²) in [7, 11) is 0. The minimum absolute atomic E-state index is 0.132. The first-order chi connectivity index (χ1) is 9.65. The molecule has 0 saturated carbocycles. The molecule has 4 heteroatoms. The first kappa shape index (κ1) is 12.5. The quantitative estimate of drug-likeness (QED) is 0.683. The van der Waals surface area contributed by atoms with Gasteiger partial charge in [0, 0.05) is 5.56 Å². The summed E-state index contributed by atoms with van der Waals surface area (Å²) in [6.07, 6.45) is 1.63. The van der Waals surface area contributed by atoms with E-state index in [0.717, 1.165) is 11.0 Å². The fourth-order valence-corrected chi connectivity index (χ4v) is 2.15. The Kier molecular flexibility index (Phi) is 3.06. The number of ketones is 1. The predicted octanol–water partition coefficient (Wildman–Crippen LogP) is 3.37. The number of Topliss-reactive ketones (excluding diaryl/α,β-unsaturated/α-hetero) is 1. The molecule has 2 aromatic carbocycles. The van der Waals surface area contributed by atoms with Crippen molar-refractivity contribution in [2.75, 3.05) is 0 Å². The second-order valence-corrected chi connectivity index (χ2v) is 4.75. The number of carbonyl (C=O) groups is 1. The van der Waals surface area contributed by atoms with Crippen LogP contribution in [0.5, 0.6) is 0 Å². The van der Waals surface area contributed by atoms with Crippen LogP contribution in [0, 0.1) is 12.7 Å². The molecule has 0 aliphatic rings. The van der Waals surface area contributed by atoms with Gasteiger partial charge in [-0.25, -0.2) is 9.37 Å². The molecule has 0 bridgehead atoms. The van der Waals surface area contributed by atoms with Crippen LogP contribution in [0.15, 0.2) is 48.8 Å². The number of hydrogen-bond donors (Lipinski definition) is 0. The van der Waals surface area contributed by atoms with Gasteiger partial charge < -0.3 is 4.57 Å². The van der Waals surface area contributed by atoms with Gasteiger partial charge in [0.1, 0.15) is 5.82 Å². The molecule has 0 atom stereocenters. The lowest BCUT2D eigenvalue weighted by atomic mass is 10.1. The Morgan fingerprint density at radius 1 is 1.25 bits per heavy atom. The number of para-hydroxylation sites is 2. The minimum Gasteiger partial charge on any atom is -0.323 e. The molecule has 0 fully saturated rings. The number of aryl methyl sites for hydroxylation is 1. The highest BCUT2D eigenvalue weighted by molar-refractivity contribution is 5.96. The summed E-state index contributed by atoms with van der Waals surface area (Å²) >= 11 is 0. The summed E-state index contributed by atoms with van der Waals surface area (Å²) in [4.78, 5) is 16.4. The lowest BCUT2D eigenvalue weighted by Gasteiger charge is -2.05. The molecule has 0 radical (unpaired) electrons. The fourth-order valence-electron chi connectivity index (χ4n) is 2.15. The van der Waals surface area contributed by atoms with E-state index in [4.69, 9.17) is 0 Å². The van der Waals surface area contributed by atoms with Crippen LogP contribution in [-0.4, -0.2) is 15.3 Å². The Morgan fingerprint density at radius 2 is 2.05 bits per heavy atom. The molecule has 100 valence electrons. The second-order valence-electron chi connectivity index (χ2n) is 4.75. The number of hydrogen-bond acceptors (Lipinski definition) is 2. The van der Waals surface area contributed by atoms with Crippen molar-refractivity contribution >= 4 is 16.8 Å². The van der Waals surface area contributed by atoms with Gasteiger partial charge in [-0.05, 0) is 30.7 Å². The molecule has 1 aromatic heterocycles. The van der Waals surface area contributed by atoms with Crippen LogP contribution in [0.3, 0.4) is 0 Å². The number of rotatable bonds is 3. The predicted molar refractivity (Wildman–Crippen MR) is 75.2 cm³/mol. The Morgan fingerprint density at radius 3 is 2.85 bits per heavy atom. The van der Waals surface area contributed by atoms with E-state index in [0.29, 0.717) is 11.1 Å². The molecule has 3 rings (SSSR count). The van der Waals surface area contributed by atoms with Gasteiger partial charge in [0.05, 0.1) is 23.9 Å². The molecule has 3 aromatic rings. The van der Waals surface area contributed by atoms with Crippen molar-refractivity contribution in [1.82, 2.24) is 9.55 Å². The maximum absolute atomic E-state index is 13.5. The van der Waals surface area contributed by atoms with E-state index >= 15 is 0 Å². The number of benzene rings is 2. The summed E-state index contributed by atoms with van der Waals surface area (Å²) in [5.74, 6) is -0.488. The largest absolute Gasteiger partial charge is 0.323 e. The number of carbonyl (C=O) groups excluding carboxylic acids is 1. The molecular formula is C16H13FN2O. The maximum atomic E-state index is 13.5. The van der Waals surface area contributed by atoms with E-state index in [9.17, 15) is 9.18 Å². The van der Waals surface area contributed by atoms with Crippen molar-refractivity contribution in [1.29, 1.82) is 0 Å². The first-order valence-electron chi connectivity index (χ1n) is 6.34. The third kappa shape index (κ3) is 2.20. The van der Waals surface area contributed by atoms with E-state index in [1.54, 1.807) is 30.0 Å². The Bertz CT molecular complexity index is 792. The van der Waals surface area contributed by atoms with Crippen LogP contribution in [0.2, 0.25) is 0 Å². The lowest BCUT2D eigenvalue weighted by molar-refractivity contribution is 0.0973. The van der Waals surface area contributed by atoms with Crippen molar-refractivity contribution in [2.24, 2.45) is 0 Å². The maximum Gasteiger partial charge on any atom is 0.182 e. The van der Waals surface area contributed by atoms with Crippen LogP contribution in [0.1, 0.15) is 15.9 Å². The monoisotopic (exact) mass is 268 g/mol. The Labute approximate surface area is 115 Å².